The van der Waals surface area contributed by atoms with Crippen LogP contribution in [0.1, 0.15) is 13.8 Å². The van der Waals surface area contributed by atoms with Gasteiger partial charge in [0.1, 0.15) is 6.10 Å². The number of carboxylic acids is 1. The molecule has 2 unspecified atom stereocenters. The first-order valence-electron chi connectivity index (χ1n) is 3.06. The zero-order valence-corrected chi connectivity index (χ0v) is 6.77. The molecule has 0 aliphatic carbocycles. The Kier molecular flexibility index (Phi) is 19.6. The lowest BCUT2D eigenvalue weighted by Gasteiger charge is -2.09. The van der Waals surface area contributed by atoms with E-state index in [0.29, 0.717) is 0 Å². The molecule has 4 N–H and O–H groups in total. The highest BCUT2D eigenvalue weighted by Crippen LogP contribution is 1.94. The molecular weight excluding hydrogens is 217 g/mol. The van der Waals surface area contributed by atoms with Crippen molar-refractivity contribution in [1.29, 1.82) is 0 Å². The molecule has 0 aliphatic rings. The van der Waals surface area contributed by atoms with Crippen LogP contribution in [0.5, 0.6) is 0 Å². The number of carboxylic acid groups (broad SMARTS) is 1. The maximum absolute atomic E-state index is 10.5. The highest BCUT2D eigenvalue weighted by molar-refractivity contribution is 5.79. The average Bonchev–Trinajstić information content (AvgIpc) is 1.87. The third kappa shape index (κ3) is 10.5. The van der Waals surface area contributed by atoms with Gasteiger partial charge in [-0.25, -0.2) is 9.59 Å². The van der Waals surface area contributed by atoms with Crippen LogP contribution in [0, 0.1) is 0 Å². The van der Waals surface area contributed by atoms with Crippen LogP contribution in [0.25, 0.3) is 0 Å². The van der Waals surface area contributed by atoms with E-state index >= 15 is 0 Å². The molecule has 14 heavy (non-hydrogen) atoms. The summed E-state index contributed by atoms with van der Waals surface area (Å²) in [6.07, 6.45) is -2.49. The minimum atomic E-state index is -1.28. The molecule has 0 saturated carbocycles. The number of carbonyl (C=O) groups is 2. The Balaban J connectivity index is -0.000000167. The minimum Gasteiger partial charge on any atom is -0.479 e. The Morgan fingerprint density at radius 3 is 1.79 bits per heavy atom. The van der Waals surface area contributed by atoms with Crippen molar-refractivity contribution in [3.05, 3.63) is 0 Å². The van der Waals surface area contributed by atoms with Gasteiger partial charge in [0.05, 0.1) is 0 Å². The van der Waals surface area contributed by atoms with Crippen molar-refractivity contribution in [2.45, 2.75) is 26.1 Å². The summed E-state index contributed by atoms with van der Waals surface area (Å²) in [4.78, 5) is 20.6. The van der Waals surface area contributed by atoms with Gasteiger partial charge >= 0.3 is 58.0 Å². The van der Waals surface area contributed by atoms with Gasteiger partial charge in [0.15, 0.2) is 6.10 Å². The molecule has 0 aliphatic heterocycles. The van der Waals surface area contributed by atoms with E-state index in [4.69, 9.17) is 10.2 Å². The molecule has 0 rings (SSSR count). The predicted octanol–water partition coefficient (Wildman–Crippen LogP) is -3.27. The largest absolute Gasteiger partial charge is 0.479 e. The first-order chi connectivity index (χ1) is 4.95. The lowest BCUT2D eigenvalue weighted by atomic mass is 10.4. The fraction of sp³-hybridized carbons (Fsp3) is 0.667. The lowest BCUT2D eigenvalue weighted by molar-refractivity contribution is -0.168. The summed E-state index contributed by atoms with van der Waals surface area (Å²) in [7, 11) is 0. The van der Waals surface area contributed by atoms with Crippen molar-refractivity contribution >= 4 is 58.0 Å². The van der Waals surface area contributed by atoms with Crippen LogP contribution in [0.3, 0.4) is 0 Å². The van der Waals surface area contributed by atoms with Gasteiger partial charge in [-0.3, -0.25) is 0 Å². The van der Waals surface area contributed by atoms with Crippen molar-refractivity contribution in [2.24, 2.45) is 0 Å². The molecule has 0 heterocycles. The lowest BCUT2D eigenvalue weighted by Crippen LogP contribution is -2.29. The van der Waals surface area contributed by atoms with Crippen molar-refractivity contribution in [2.75, 3.05) is 0 Å². The number of hydrogen-bond donors (Lipinski definition) is 2. The maximum Gasteiger partial charge on any atom is 0.344 e. The summed E-state index contributed by atoms with van der Waals surface area (Å²) in [6.45, 7) is 2.42. The van der Waals surface area contributed by atoms with E-state index in [1.807, 2.05) is 0 Å². The van der Waals surface area contributed by atoms with E-state index in [1.54, 1.807) is 0 Å². The fourth-order valence-corrected chi connectivity index (χ4v) is 0.323. The van der Waals surface area contributed by atoms with Crippen LogP contribution < -0.4 is 0 Å². The van der Waals surface area contributed by atoms with Crippen LogP contribution in [0.15, 0.2) is 0 Å². The molecule has 0 radical (unpaired) electrons. The number of aliphatic carboxylic acids is 1. The Bertz CT molecular complexity index is 172. The van der Waals surface area contributed by atoms with Gasteiger partial charge in [-0.15, -0.1) is 0 Å². The molecule has 0 aromatic heterocycles. The number of hydrogen-bond acceptors (Lipinski definition) is 4. The number of aliphatic hydroxyl groups excluding tert-OH is 1. The SMILES string of the molecule is CC(O)C(=O)OC(C)C(=O)O.O.[MgH2].[MgH2]. The molecule has 0 spiro atoms. The van der Waals surface area contributed by atoms with E-state index < -0.39 is 24.1 Å². The zero-order chi connectivity index (χ0) is 9.02. The van der Waals surface area contributed by atoms with Gasteiger partial charge in [-0.05, 0) is 13.8 Å². The molecule has 0 amide bonds. The molecule has 0 saturated heterocycles. The normalized spacial score (nSPS) is 11.9. The van der Waals surface area contributed by atoms with Gasteiger partial charge in [-0.2, -0.15) is 0 Å². The van der Waals surface area contributed by atoms with Crippen LogP contribution in [-0.4, -0.2) is 85.9 Å². The van der Waals surface area contributed by atoms with Gasteiger partial charge in [0.2, 0.25) is 0 Å². The molecule has 80 valence electrons. The molecule has 8 heteroatoms. The van der Waals surface area contributed by atoms with Crippen molar-refractivity contribution in [3.8, 4) is 0 Å². The summed E-state index contributed by atoms with van der Waals surface area (Å²) in [5.41, 5.74) is 0. The van der Waals surface area contributed by atoms with E-state index in [0.717, 1.165) is 0 Å². The summed E-state index contributed by atoms with van der Waals surface area (Å²) < 4.78 is 4.28. The van der Waals surface area contributed by atoms with Crippen LogP contribution in [0.4, 0.5) is 0 Å². The van der Waals surface area contributed by atoms with E-state index in [-0.39, 0.29) is 51.6 Å². The smallest absolute Gasteiger partial charge is 0.344 e. The van der Waals surface area contributed by atoms with Gasteiger partial charge in [0, 0.05) is 0 Å². The summed E-state index contributed by atoms with van der Waals surface area (Å²) >= 11 is 0. The van der Waals surface area contributed by atoms with E-state index in [9.17, 15) is 9.59 Å². The van der Waals surface area contributed by atoms with Crippen molar-refractivity contribution in [3.63, 3.8) is 0 Å². The second-order valence-corrected chi connectivity index (χ2v) is 2.09. The number of aliphatic hydroxyl groups is 1. The molecule has 0 bridgehead atoms. The highest BCUT2D eigenvalue weighted by atomic mass is 24.3. The number of ether oxygens (including phenoxy) is 1. The van der Waals surface area contributed by atoms with Crippen LogP contribution in [0.2, 0.25) is 0 Å². The summed E-state index contributed by atoms with van der Waals surface area (Å²) in [5, 5.41) is 16.8. The predicted molar refractivity (Wildman–Crippen MR) is 55.6 cm³/mol. The monoisotopic (exact) mass is 232 g/mol. The second kappa shape index (κ2) is 11.5. The fourth-order valence-electron chi connectivity index (χ4n) is 0.323. The molecule has 6 nitrogen and oxygen atoms in total. The Labute approximate surface area is 114 Å². The quantitative estimate of drug-likeness (QED) is 0.391. The number of rotatable bonds is 3. The van der Waals surface area contributed by atoms with Gasteiger partial charge < -0.3 is 20.4 Å². The molecule has 0 aromatic carbocycles. The Morgan fingerprint density at radius 1 is 1.21 bits per heavy atom. The Morgan fingerprint density at radius 2 is 1.57 bits per heavy atom. The van der Waals surface area contributed by atoms with Crippen molar-refractivity contribution < 1.29 is 30.0 Å². The first-order valence-corrected chi connectivity index (χ1v) is 3.06. The van der Waals surface area contributed by atoms with Crippen LogP contribution >= 0.6 is 0 Å². The van der Waals surface area contributed by atoms with Gasteiger partial charge in [0.25, 0.3) is 0 Å². The zero-order valence-electron chi connectivity index (χ0n) is 6.77. The average molecular weight is 233 g/mol. The Hall–Kier alpha value is 0.392. The van der Waals surface area contributed by atoms with Gasteiger partial charge in [-0.1, -0.05) is 0 Å². The maximum atomic E-state index is 10.5. The summed E-state index contributed by atoms with van der Waals surface area (Å²) in [6, 6.07) is 0. The number of esters is 1. The van der Waals surface area contributed by atoms with E-state index in [2.05, 4.69) is 4.74 Å². The number of carbonyl (C=O) groups excluding carboxylic acids is 1. The van der Waals surface area contributed by atoms with Crippen LogP contribution in [-0.2, 0) is 14.3 Å². The second-order valence-electron chi connectivity index (χ2n) is 2.09. The third-order valence-electron chi connectivity index (χ3n) is 0.982. The molecular formula is C6H16Mg2O6. The minimum absolute atomic E-state index is 0. The highest BCUT2D eigenvalue weighted by Gasteiger charge is 2.18. The van der Waals surface area contributed by atoms with E-state index in [1.165, 1.54) is 13.8 Å². The molecule has 2 atom stereocenters. The topological polar surface area (TPSA) is 115 Å². The first kappa shape index (κ1) is 23.9. The molecule has 0 fully saturated rings. The standard InChI is InChI=1S/C6H10O5.2Mg.H2O.4H/c1-3(7)6(10)11-4(2)5(8)9;;;;;;;/h3-4,7H,1-2H3,(H,8,9);;;1H2;;;;. The van der Waals surface area contributed by atoms with Crippen molar-refractivity contribution in [1.82, 2.24) is 0 Å². The molecule has 0 aromatic rings. The summed E-state index contributed by atoms with van der Waals surface area (Å²) in [5.74, 6) is -2.17. The third-order valence-corrected chi connectivity index (χ3v) is 0.982.